The van der Waals surface area contributed by atoms with Crippen molar-refractivity contribution in [3.8, 4) is 0 Å². The summed E-state index contributed by atoms with van der Waals surface area (Å²) in [6, 6.07) is 0. The minimum absolute atomic E-state index is 0.544. The lowest BCUT2D eigenvalue weighted by atomic mass is 11.0. The van der Waals surface area contributed by atoms with E-state index in [1.54, 1.807) is 0 Å². The fourth-order valence-electron chi connectivity index (χ4n) is 0.221. The van der Waals surface area contributed by atoms with E-state index < -0.39 is 0 Å². The molecule has 0 rings (SSSR count). The van der Waals surface area contributed by atoms with E-state index in [-0.39, 0.29) is 0 Å². The molecule has 0 spiro atoms. The van der Waals surface area contributed by atoms with Gasteiger partial charge in [-0.1, -0.05) is 30.9 Å². The van der Waals surface area contributed by atoms with Crippen molar-refractivity contribution in [1.82, 2.24) is 5.32 Å². The molecule has 0 saturated heterocycles. The van der Waals surface area contributed by atoms with Crippen LogP contribution >= 0.6 is 24.0 Å². The minimum atomic E-state index is 0.544. The number of carbonyl (C=O) groups is 1. The van der Waals surface area contributed by atoms with Crippen molar-refractivity contribution in [3.05, 3.63) is 0 Å². The van der Waals surface area contributed by atoms with Gasteiger partial charge in [0.2, 0.25) is 6.41 Å². The van der Waals surface area contributed by atoms with Gasteiger partial charge in [-0.3, -0.25) is 4.79 Å². The molecule has 0 unspecified atom stereocenters. The molecule has 2 nitrogen and oxygen atoms in total. The Hall–Kier alpha value is -0.0900. The third-order valence-corrected chi connectivity index (χ3v) is 1.59. The molecule has 0 aliphatic carbocycles. The summed E-state index contributed by atoms with van der Waals surface area (Å²) in [7, 11) is 0. The third kappa shape index (κ3) is 4.08. The van der Waals surface area contributed by atoms with Crippen LogP contribution in [0.4, 0.5) is 0 Å². The average Bonchev–Trinajstić information content (AvgIpc) is 1.68. The van der Waals surface area contributed by atoms with E-state index in [1.165, 1.54) is 11.8 Å². The van der Waals surface area contributed by atoms with Gasteiger partial charge in [-0.15, -0.1) is 0 Å². The second kappa shape index (κ2) is 5.05. The predicted molar refractivity (Wildman–Crippen MR) is 39.9 cm³/mol. The number of nitrogens with one attached hydrogen (secondary N) is 1. The van der Waals surface area contributed by atoms with Crippen LogP contribution in [0.5, 0.6) is 0 Å². The maximum atomic E-state index is 9.68. The molecule has 0 radical (unpaired) electrons. The van der Waals surface area contributed by atoms with Crippen molar-refractivity contribution < 1.29 is 4.79 Å². The molecule has 8 heavy (non-hydrogen) atoms. The molecular formula is C4H7NOS2. The lowest BCUT2D eigenvalue weighted by Gasteiger charge is -1.94. The Kier molecular flexibility index (Phi) is 5.00. The Bertz CT molecular complexity index is 94.0. The van der Waals surface area contributed by atoms with Crippen molar-refractivity contribution in [2.75, 3.05) is 5.75 Å². The molecule has 0 aromatic rings. The summed E-state index contributed by atoms with van der Waals surface area (Å²) in [4.78, 5) is 9.68. The Morgan fingerprint density at radius 2 is 2.62 bits per heavy atom. The normalized spacial score (nSPS) is 8.12. The Balaban J connectivity index is 3.18. The zero-order valence-electron chi connectivity index (χ0n) is 4.51. The van der Waals surface area contributed by atoms with Crippen LogP contribution in [0.15, 0.2) is 0 Å². The Morgan fingerprint density at radius 1 is 2.00 bits per heavy atom. The van der Waals surface area contributed by atoms with Crippen molar-refractivity contribution in [2.45, 2.75) is 6.92 Å². The van der Waals surface area contributed by atoms with Gasteiger partial charge < -0.3 is 5.32 Å². The van der Waals surface area contributed by atoms with Crippen LogP contribution in [0, 0.1) is 0 Å². The molecule has 0 bridgehead atoms. The van der Waals surface area contributed by atoms with E-state index in [4.69, 9.17) is 0 Å². The summed E-state index contributed by atoms with van der Waals surface area (Å²) in [6.45, 7) is 1.98. The maximum absolute atomic E-state index is 9.68. The number of rotatable bonds is 2. The van der Waals surface area contributed by atoms with E-state index in [0.29, 0.717) is 10.7 Å². The van der Waals surface area contributed by atoms with Gasteiger partial charge in [0.05, 0.1) is 0 Å². The SMILES string of the molecule is CCSC(=S)NC=O. The molecule has 0 aliphatic heterocycles. The van der Waals surface area contributed by atoms with E-state index in [1.807, 2.05) is 6.92 Å². The van der Waals surface area contributed by atoms with E-state index in [9.17, 15) is 4.79 Å². The molecule has 4 heteroatoms. The van der Waals surface area contributed by atoms with E-state index in [0.717, 1.165) is 5.75 Å². The molecule has 46 valence electrons. The number of amides is 1. The predicted octanol–water partition coefficient (Wildman–Crippen LogP) is 0.770. The molecule has 0 aromatic heterocycles. The maximum Gasteiger partial charge on any atom is 0.212 e. The zero-order chi connectivity index (χ0) is 6.41. The van der Waals surface area contributed by atoms with Crippen LogP contribution in [0.25, 0.3) is 0 Å². The third-order valence-electron chi connectivity index (χ3n) is 0.452. The summed E-state index contributed by atoms with van der Waals surface area (Å²) in [5, 5.41) is 2.36. The largest absolute Gasteiger partial charge is 0.314 e. The minimum Gasteiger partial charge on any atom is -0.314 e. The second-order valence-corrected chi connectivity index (χ2v) is 2.92. The van der Waals surface area contributed by atoms with Crippen LogP contribution in [0.3, 0.4) is 0 Å². The molecule has 1 N–H and O–H groups in total. The summed E-state index contributed by atoms with van der Waals surface area (Å²) in [5.41, 5.74) is 0. The second-order valence-electron chi connectivity index (χ2n) is 0.983. The topological polar surface area (TPSA) is 29.1 Å². The first kappa shape index (κ1) is 7.91. The van der Waals surface area contributed by atoms with Gasteiger partial charge in [0.1, 0.15) is 4.32 Å². The number of hydrogen-bond donors (Lipinski definition) is 1. The van der Waals surface area contributed by atoms with Crippen LogP contribution in [-0.2, 0) is 4.79 Å². The van der Waals surface area contributed by atoms with Gasteiger partial charge in [0.15, 0.2) is 0 Å². The smallest absolute Gasteiger partial charge is 0.212 e. The highest BCUT2D eigenvalue weighted by molar-refractivity contribution is 8.23. The van der Waals surface area contributed by atoms with Gasteiger partial charge in [0, 0.05) is 0 Å². The first-order chi connectivity index (χ1) is 3.81. The van der Waals surface area contributed by atoms with E-state index >= 15 is 0 Å². The van der Waals surface area contributed by atoms with Gasteiger partial charge in [-0.05, 0) is 5.75 Å². The van der Waals surface area contributed by atoms with E-state index in [2.05, 4.69) is 17.5 Å². The van der Waals surface area contributed by atoms with Gasteiger partial charge in [0.25, 0.3) is 0 Å². The van der Waals surface area contributed by atoms with Gasteiger partial charge >= 0.3 is 0 Å². The Labute approximate surface area is 58.0 Å². The van der Waals surface area contributed by atoms with Crippen molar-refractivity contribution in [2.24, 2.45) is 0 Å². The molecule has 0 fully saturated rings. The monoisotopic (exact) mass is 149 g/mol. The fourth-order valence-corrected chi connectivity index (χ4v) is 1.02. The molecule has 1 amide bonds. The number of thiocarbonyl (C=S) groups is 1. The van der Waals surface area contributed by atoms with Gasteiger partial charge in [-0.25, -0.2) is 0 Å². The summed E-state index contributed by atoms with van der Waals surface area (Å²) < 4.78 is 0.544. The summed E-state index contributed by atoms with van der Waals surface area (Å²) in [6.07, 6.45) is 0.588. The van der Waals surface area contributed by atoms with Crippen molar-refractivity contribution in [3.63, 3.8) is 0 Å². The first-order valence-electron chi connectivity index (χ1n) is 2.18. The average molecular weight is 149 g/mol. The fraction of sp³-hybridized carbons (Fsp3) is 0.500. The number of carbonyl (C=O) groups excluding carboxylic acids is 1. The quantitative estimate of drug-likeness (QED) is 0.464. The summed E-state index contributed by atoms with van der Waals surface area (Å²) in [5.74, 6) is 0.902. The molecule has 0 aromatic carbocycles. The Morgan fingerprint density at radius 3 is 3.00 bits per heavy atom. The lowest BCUT2D eigenvalue weighted by Crippen LogP contribution is -2.15. The lowest BCUT2D eigenvalue weighted by molar-refractivity contribution is -0.108. The molecule has 0 atom stereocenters. The number of thioether (sulfide) groups is 1. The van der Waals surface area contributed by atoms with Crippen LogP contribution < -0.4 is 5.32 Å². The zero-order valence-corrected chi connectivity index (χ0v) is 6.14. The van der Waals surface area contributed by atoms with Gasteiger partial charge in [-0.2, -0.15) is 0 Å². The molecular weight excluding hydrogens is 142 g/mol. The highest BCUT2D eigenvalue weighted by Gasteiger charge is 1.88. The number of hydrogen-bond acceptors (Lipinski definition) is 3. The summed E-state index contributed by atoms with van der Waals surface area (Å²) >= 11 is 6.12. The van der Waals surface area contributed by atoms with Crippen LogP contribution in [0.1, 0.15) is 6.92 Å². The molecule has 0 saturated carbocycles. The molecule has 0 aliphatic rings. The highest BCUT2D eigenvalue weighted by Crippen LogP contribution is 1.97. The van der Waals surface area contributed by atoms with Crippen molar-refractivity contribution >= 4 is 34.7 Å². The standard InChI is InChI=1S/C4H7NOS2/c1-2-8-4(7)5-3-6/h3H,2H2,1H3,(H,5,6,7). The first-order valence-corrected chi connectivity index (χ1v) is 3.57. The highest BCUT2D eigenvalue weighted by atomic mass is 32.2. The van der Waals surface area contributed by atoms with Crippen LogP contribution in [-0.4, -0.2) is 16.5 Å². The van der Waals surface area contributed by atoms with Crippen molar-refractivity contribution in [1.29, 1.82) is 0 Å². The van der Waals surface area contributed by atoms with Crippen LogP contribution in [0.2, 0.25) is 0 Å². The molecule has 0 heterocycles.